The number of nitro benzene ring substituents is 1. The fourth-order valence-electron chi connectivity index (χ4n) is 4.18. The van der Waals surface area contributed by atoms with E-state index < -0.39 is 33.4 Å². The minimum atomic E-state index is -4.35. The standard InChI is InChI=1S/C29H33ClN4O6S/c1-4-21(3)31-29(36)27(5-2)32(19-22-12-9-10-17-26(22)30)28(35)20-33(23-13-11-14-24(18-23)34(37)38)41(39,40)25-15-7-6-8-16-25/h6-18,21,27H,4-5,19-20H2,1-3H3,(H,31,36)/t21-,27+/m1/s1. The molecule has 3 aromatic rings. The van der Waals surface area contributed by atoms with E-state index in [1.165, 1.54) is 47.4 Å². The molecule has 0 unspecified atom stereocenters. The fourth-order valence-corrected chi connectivity index (χ4v) is 5.80. The molecule has 218 valence electrons. The lowest BCUT2D eigenvalue weighted by molar-refractivity contribution is -0.384. The molecule has 0 heterocycles. The highest BCUT2D eigenvalue weighted by atomic mass is 35.5. The molecule has 2 atom stereocenters. The normalized spacial score (nSPS) is 12.7. The van der Waals surface area contributed by atoms with Crippen LogP contribution in [0.2, 0.25) is 5.02 Å². The van der Waals surface area contributed by atoms with E-state index >= 15 is 0 Å². The van der Waals surface area contributed by atoms with Crippen LogP contribution in [0.5, 0.6) is 0 Å². The van der Waals surface area contributed by atoms with Gasteiger partial charge in [-0.1, -0.05) is 67.9 Å². The number of non-ortho nitro benzene ring substituents is 1. The van der Waals surface area contributed by atoms with Crippen molar-refractivity contribution in [2.75, 3.05) is 10.8 Å². The number of amides is 2. The average molecular weight is 601 g/mol. The van der Waals surface area contributed by atoms with E-state index in [9.17, 15) is 28.1 Å². The van der Waals surface area contributed by atoms with E-state index in [2.05, 4.69) is 5.32 Å². The van der Waals surface area contributed by atoms with Crippen LogP contribution in [-0.2, 0) is 26.2 Å². The predicted octanol–water partition coefficient (Wildman–Crippen LogP) is 5.17. The van der Waals surface area contributed by atoms with E-state index in [1.54, 1.807) is 37.3 Å². The summed E-state index contributed by atoms with van der Waals surface area (Å²) in [5, 5.41) is 14.8. The number of hydrogen-bond donors (Lipinski definition) is 1. The Morgan fingerprint density at radius 3 is 2.24 bits per heavy atom. The Kier molecular flexibility index (Phi) is 10.8. The molecule has 0 aliphatic carbocycles. The van der Waals surface area contributed by atoms with Crippen LogP contribution in [0.3, 0.4) is 0 Å². The molecule has 0 aliphatic rings. The molecule has 0 bridgehead atoms. The molecular weight excluding hydrogens is 568 g/mol. The summed E-state index contributed by atoms with van der Waals surface area (Å²) < 4.78 is 28.5. The van der Waals surface area contributed by atoms with E-state index in [0.717, 1.165) is 10.4 Å². The highest BCUT2D eigenvalue weighted by Crippen LogP contribution is 2.28. The Balaban J connectivity index is 2.10. The van der Waals surface area contributed by atoms with Crippen molar-refractivity contribution in [3.63, 3.8) is 0 Å². The van der Waals surface area contributed by atoms with Crippen molar-refractivity contribution in [2.24, 2.45) is 0 Å². The van der Waals surface area contributed by atoms with Crippen LogP contribution in [0.15, 0.2) is 83.8 Å². The quantitative estimate of drug-likeness (QED) is 0.213. The number of carbonyl (C=O) groups is 2. The summed E-state index contributed by atoms with van der Waals surface area (Å²) in [6.45, 7) is 4.76. The molecule has 12 heteroatoms. The van der Waals surface area contributed by atoms with E-state index in [0.29, 0.717) is 17.0 Å². The van der Waals surface area contributed by atoms with Gasteiger partial charge in [0.15, 0.2) is 0 Å². The summed E-state index contributed by atoms with van der Waals surface area (Å²) in [7, 11) is -4.35. The monoisotopic (exact) mass is 600 g/mol. The van der Waals surface area contributed by atoms with E-state index in [-0.39, 0.29) is 41.2 Å². The van der Waals surface area contributed by atoms with Crippen molar-refractivity contribution < 1.29 is 22.9 Å². The smallest absolute Gasteiger partial charge is 0.271 e. The van der Waals surface area contributed by atoms with Crippen LogP contribution in [0.25, 0.3) is 0 Å². The number of halogens is 1. The first-order valence-electron chi connectivity index (χ1n) is 13.1. The number of carbonyl (C=O) groups excluding carboxylic acids is 2. The first kappa shape index (κ1) is 31.6. The van der Waals surface area contributed by atoms with Gasteiger partial charge in [-0.05, 0) is 49.6 Å². The molecule has 0 saturated carbocycles. The first-order valence-corrected chi connectivity index (χ1v) is 15.0. The molecule has 3 aromatic carbocycles. The number of rotatable bonds is 13. The first-order chi connectivity index (χ1) is 19.5. The predicted molar refractivity (Wildman–Crippen MR) is 158 cm³/mol. The average Bonchev–Trinajstić information content (AvgIpc) is 2.96. The molecule has 0 spiro atoms. The Labute approximate surface area is 245 Å². The van der Waals surface area contributed by atoms with Crippen molar-refractivity contribution in [2.45, 2.75) is 57.1 Å². The number of hydrogen-bond acceptors (Lipinski definition) is 6. The number of nitrogens with one attached hydrogen (secondary N) is 1. The van der Waals surface area contributed by atoms with Gasteiger partial charge in [0.2, 0.25) is 11.8 Å². The molecule has 0 radical (unpaired) electrons. The minimum absolute atomic E-state index is 0.0564. The molecule has 0 aliphatic heterocycles. The van der Waals surface area contributed by atoms with Crippen LogP contribution in [0, 0.1) is 10.1 Å². The molecule has 3 rings (SSSR count). The summed E-state index contributed by atoms with van der Waals surface area (Å²) in [5.41, 5.74) is 0.173. The van der Waals surface area contributed by atoms with Gasteiger partial charge in [-0.2, -0.15) is 0 Å². The lowest BCUT2D eigenvalue weighted by Gasteiger charge is -2.33. The maximum Gasteiger partial charge on any atom is 0.271 e. The summed E-state index contributed by atoms with van der Waals surface area (Å²) in [6, 6.07) is 18.3. The lowest BCUT2D eigenvalue weighted by Crippen LogP contribution is -2.53. The van der Waals surface area contributed by atoms with Gasteiger partial charge < -0.3 is 10.2 Å². The van der Waals surface area contributed by atoms with Gasteiger partial charge in [-0.25, -0.2) is 8.42 Å². The Bertz CT molecular complexity index is 1490. The SMILES string of the molecule is CC[C@@H](C)NC(=O)[C@H](CC)N(Cc1ccccc1Cl)C(=O)CN(c1cccc([N+](=O)[O-])c1)S(=O)(=O)c1ccccc1. The number of benzene rings is 3. The molecular formula is C29H33ClN4O6S. The second kappa shape index (κ2) is 14.1. The van der Waals surface area contributed by atoms with Crippen molar-refractivity contribution in [3.05, 3.63) is 99.6 Å². The van der Waals surface area contributed by atoms with Crippen LogP contribution >= 0.6 is 11.6 Å². The van der Waals surface area contributed by atoms with Crippen molar-refractivity contribution >= 4 is 44.8 Å². The van der Waals surface area contributed by atoms with Crippen molar-refractivity contribution in [1.82, 2.24) is 10.2 Å². The third-order valence-corrected chi connectivity index (χ3v) is 8.78. The zero-order valence-corrected chi connectivity index (χ0v) is 24.6. The molecule has 1 N–H and O–H groups in total. The summed E-state index contributed by atoms with van der Waals surface area (Å²) in [4.78, 5) is 39.4. The summed E-state index contributed by atoms with van der Waals surface area (Å²) in [6.07, 6.45) is 0.928. The van der Waals surface area contributed by atoms with Crippen LogP contribution in [-0.4, -0.2) is 48.7 Å². The van der Waals surface area contributed by atoms with Crippen LogP contribution < -0.4 is 9.62 Å². The van der Waals surface area contributed by atoms with Gasteiger partial charge in [0.25, 0.3) is 15.7 Å². The van der Waals surface area contributed by atoms with Crippen molar-refractivity contribution in [3.8, 4) is 0 Å². The highest BCUT2D eigenvalue weighted by Gasteiger charge is 2.34. The molecule has 10 nitrogen and oxygen atoms in total. The second-order valence-corrected chi connectivity index (χ2v) is 11.7. The minimum Gasteiger partial charge on any atom is -0.352 e. The maximum absolute atomic E-state index is 14.1. The number of anilines is 1. The zero-order chi connectivity index (χ0) is 30.2. The summed E-state index contributed by atoms with van der Waals surface area (Å²) >= 11 is 6.40. The zero-order valence-electron chi connectivity index (χ0n) is 23.1. The van der Waals surface area contributed by atoms with Crippen LogP contribution in [0.4, 0.5) is 11.4 Å². The summed E-state index contributed by atoms with van der Waals surface area (Å²) in [5.74, 6) is -1.06. The number of nitrogens with zero attached hydrogens (tertiary/aromatic N) is 3. The highest BCUT2D eigenvalue weighted by molar-refractivity contribution is 7.92. The van der Waals surface area contributed by atoms with E-state index in [4.69, 9.17) is 11.6 Å². The largest absolute Gasteiger partial charge is 0.352 e. The van der Waals surface area contributed by atoms with Crippen LogP contribution in [0.1, 0.15) is 39.2 Å². The number of nitro groups is 1. The van der Waals surface area contributed by atoms with Gasteiger partial charge in [-0.3, -0.25) is 24.0 Å². The molecule has 0 saturated heterocycles. The third kappa shape index (κ3) is 7.83. The molecule has 0 aromatic heterocycles. The van der Waals surface area contributed by atoms with Crippen molar-refractivity contribution in [1.29, 1.82) is 0 Å². The molecule has 0 fully saturated rings. The maximum atomic E-state index is 14.1. The number of sulfonamides is 1. The Morgan fingerprint density at radius 1 is 0.976 bits per heavy atom. The van der Waals surface area contributed by atoms with Gasteiger partial charge in [-0.15, -0.1) is 0 Å². The fraction of sp³-hybridized carbons (Fsp3) is 0.310. The van der Waals surface area contributed by atoms with E-state index in [1.807, 2.05) is 13.8 Å². The van der Waals surface area contributed by atoms with Gasteiger partial charge >= 0.3 is 0 Å². The molecule has 41 heavy (non-hydrogen) atoms. The third-order valence-electron chi connectivity index (χ3n) is 6.62. The topological polar surface area (TPSA) is 130 Å². The Morgan fingerprint density at radius 2 is 1.63 bits per heavy atom. The second-order valence-electron chi connectivity index (χ2n) is 9.46. The lowest BCUT2D eigenvalue weighted by atomic mass is 10.1. The van der Waals surface area contributed by atoms with Gasteiger partial charge in [0.1, 0.15) is 12.6 Å². The van der Waals surface area contributed by atoms with Gasteiger partial charge in [0.05, 0.1) is 15.5 Å². The van der Waals surface area contributed by atoms with Gasteiger partial charge in [0, 0.05) is 29.7 Å². The molecule has 2 amide bonds. The Hall–Kier alpha value is -3.96.